The third-order valence-corrected chi connectivity index (χ3v) is 7.44. The lowest BCUT2D eigenvalue weighted by Gasteiger charge is -2.25. The number of carbonyl (C=O) groups excluding carboxylic acids is 1. The monoisotopic (exact) mass is 491 g/mol. The Morgan fingerprint density at radius 3 is 2.92 bits per heavy atom. The van der Waals surface area contributed by atoms with Crippen molar-refractivity contribution in [1.29, 1.82) is 5.26 Å². The van der Waals surface area contributed by atoms with Gasteiger partial charge in [-0.05, 0) is 44.0 Å². The molecule has 186 valence electrons. The van der Waals surface area contributed by atoms with Crippen LogP contribution in [0, 0.1) is 29.0 Å². The predicted molar refractivity (Wildman–Crippen MR) is 126 cm³/mol. The molecule has 3 fully saturated rings. The summed E-state index contributed by atoms with van der Waals surface area (Å²) in [5.74, 6) is 0.112. The standard InChI is InChI=1S/C26H26FN5O4/c1-26(6-7-26)36-25(33)31-12-17-14-34-9-5-22(19(17)13-31)35-24-18-4-8-32(23(18)29-15-30-24)21-3-2-16(11-28)10-20(21)27/h2-4,8,10,15,17,19,22H,5-7,9,12-14H2,1H3/t17?,19?,22-/m0/s1. The molecule has 2 unspecified atom stereocenters. The van der Waals surface area contributed by atoms with E-state index in [1.165, 1.54) is 12.4 Å². The molecule has 0 bridgehead atoms. The van der Waals surface area contributed by atoms with Crippen molar-refractivity contribution in [1.82, 2.24) is 19.4 Å². The summed E-state index contributed by atoms with van der Waals surface area (Å²) < 4.78 is 34.3. The van der Waals surface area contributed by atoms with Crippen molar-refractivity contribution < 1.29 is 23.4 Å². The highest BCUT2D eigenvalue weighted by molar-refractivity contribution is 5.83. The molecule has 1 amide bonds. The lowest BCUT2D eigenvalue weighted by atomic mass is 9.90. The topological polar surface area (TPSA) is 102 Å². The van der Waals surface area contributed by atoms with Crippen LogP contribution in [0.3, 0.4) is 0 Å². The van der Waals surface area contributed by atoms with Gasteiger partial charge >= 0.3 is 6.09 Å². The first-order chi connectivity index (χ1) is 17.4. The second-order valence-corrected chi connectivity index (χ2v) is 10.0. The number of halogens is 1. The van der Waals surface area contributed by atoms with Crippen LogP contribution in [0.2, 0.25) is 0 Å². The van der Waals surface area contributed by atoms with Crippen LogP contribution < -0.4 is 4.74 Å². The first-order valence-electron chi connectivity index (χ1n) is 12.2. The van der Waals surface area contributed by atoms with Gasteiger partial charge in [-0.3, -0.25) is 4.57 Å². The molecule has 0 radical (unpaired) electrons. The Bertz CT molecular complexity index is 1360. The zero-order valence-corrected chi connectivity index (χ0v) is 19.9. The van der Waals surface area contributed by atoms with Crippen LogP contribution in [0.4, 0.5) is 9.18 Å². The maximum Gasteiger partial charge on any atom is 0.410 e. The van der Waals surface area contributed by atoms with Gasteiger partial charge in [0, 0.05) is 37.5 Å². The van der Waals surface area contributed by atoms with Crippen molar-refractivity contribution in [2.45, 2.75) is 37.9 Å². The van der Waals surface area contributed by atoms with Gasteiger partial charge in [0.05, 0.1) is 35.9 Å². The van der Waals surface area contributed by atoms with E-state index in [2.05, 4.69) is 9.97 Å². The number of aromatic nitrogens is 3. The Kier molecular flexibility index (Phi) is 5.52. The average Bonchev–Trinajstić information content (AvgIpc) is 3.29. The van der Waals surface area contributed by atoms with E-state index >= 15 is 0 Å². The molecular formula is C26H26FN5O4. The first-order valence-corrected chi connectivity index (χ1v) is 12.2. The molecule has 3 aliphatic rings. The number of hydrogen-bond acceptors (Lipinski definition) is 7. The quantitative estimate of drug-likeness (QED) is 0.546. The normalized spacial score (nSPS) is 24.6. The van der Waals surface area contributed by atoms with Crippen LogP contribution >= 0.6 is 0 Å². The maximum absolute atomic E-state index is 14.7. The lowest BCUT2D eigenvalue weighted by Crippen LogP contribution is -2.35. The fraction of sp³-hybridized carbons (Fsp3) is 0.462. The lowest BCUT2D eigenvalue weighted by molar-refractivity contribution is 0.0570. The van der Waals surface area contributed by atoms with Crippen LogP contribution in [0.25, 0.3) is 16.7 Å². The number of amides is 1. The Morgan fingerprint density at radius 1 is 1.28 bits per heavy atom. The van der Waals surface area contributed by atoms with E-state index in [0.29, 0.717) is 49.6 Å². The molecule has 36 heavy (non-hydrogen) atoms. The van der Waals surface area contributed by atoms with Crippen molar-refractivity contribution in [2.75, 3.05) is 26.3 Å². The number of likely N-dealkylation sites (tertiary alicyclic amines) is 1. The highest BCUT2D eigenvalue weighted by Crippen LogP contribution is 2.40. The Hall–Kier alpha value is -3.71. The third-order valence-electron chi connectivity index (χ3n) is 7.44. The summed E-state index contributed by atoms with van der Waals surface area (Å²) in [4.78, 5) is 23.2. The van der Waals surface area contributed by atoms with Crippen LogP contribution in [-0.2, 0) is 9.47 Å². The zero-order chi connectivity index (χ0) is 24.9. The van der Waals surface area contributed by atoms with Gasteiger partial charge in [0.2, 0.25) is 5.88 Å². The summed E-state index contributed by atoms with van der Waals surface area (Å²) in [5.41, 5.74) is 0.713. The van der Waals surface area contributed by atoms with E-state index in [1.54, 1.807) is 33.9 Å². The van der Waals surface area contributed by atoms with E-state index in [1.807, 2.05) is 13.0 Å². The van der Waals surface area contributed by atoms with Gasteiger partial charge in [-0.25, -0.2) is 19.2 Å². The molecule has 3 aromatic rings. The minimum atomic E-state index is -0.519. The number of benzene rings is 1. The molecule has 2 aromatic heterocycles. The van der Waals surface area contributed by atoms with Crippen LogP contribution in [0.15, 0.2) is 36.8 Å². The van der Waals surface area contributed by atoms with Gasteiger partial charge in [-0.2, -0.15) is 5.26 Å². The smallest absolute Gasteiger partial charge is 0.410 e. The molecule has 10 heteroatoms. The number of hydrogen-bond donors (Lipinski definition) is 0. The number of fused-ring (bicyclic) bond motifs is 2. The molecular weight excluding hydrogens is 465 g/mol. The number of nitriles is 1. The largest absolute Gasteiger partial charge is 0.473 e. The molecule has 6 rings (SSSR count). The van der Waals surface area contributed by atoms with Crippen molar-refractivity contribution in [2.24, 2.45) is 11.8 Å². The SMILES string of the molecule is CC1(OC(=O)N2CC3COCC[C@H](Oc4ncnc5c4ccn5-c4ccc(C#N)cc4F)C3C2)CC1. The molecule has 1 saturated carbocycles. The van der Waals surface area contributed by atoms with Gasteiger partial charge < -0.3 is 19.1 Å². The van der Waals surface area contributed by atoms with Crippen molar-refractivity contribution in [3.05, 3.63) is 48.2 Å². The van der Waals surface area contributed by atoms with Crippen molar-refractivity contribution in [3.63, 3.8) is 0 Å². The number of rotatable bonds is 4. The van der Waals surface area contributed by atoms with Gasteiger partial charge in [0.1, 0.15) is 23.8 Å². The minimum Gasteiger partial charge on any atom is -0.473 e. The molecule has 3 atom stereocenters. The molecule has 4 heterocycles. The minimum absolute atomic E-state index is 0.0788. The molecule has 1 aromatic carbocycles. The van der Waals surface area contributed by atoms with Gasteiger partial charge in [-0.1, -0.05) is 0 Å². The second kappa shape index (κ2) is 8.75. The van der Waals surface area contributed by atoms with E-state index < -0.39 is 5.82 Å². The van der Waals surface area contributed by atoms with Crippen LogP contribution in [-0.4, -0.2) is 63.5 Å². The summed E-state index contributed by atoms with van der Waals surface area (Å²) in [6.07, 6.45) is 5.11. The molecule has 9 nitrogen and oxygen atoms in total. The highest BCUT2D eigenvalue weighted by Gasteiger charge is 2.47. The van der Waals surface area contributed by atoms with Crippen LogP contribution in [0.1, 0.15) is 31.7 Å². The summed E-state index contributed by atoms with van der Waals surface area (Å²) in [5, 5.41) is 9.68. The van der Waals surface area contributed by atoms with Gasteiger partial charge in [0.25, 0.3) is 0 Å². The van der Waals surface area contributed by atoms with E-state index in [4.69, 9.17) is 19.5 Å². The number of carbonyl (C=O) groups is 1. The fourth-order valence-electron chi connectivity index (χ4n) is 5.12. The van der Waals surface area contributed by atoms with E-state index in [-0.39, 0.29) is 40.9 Å². The summed E-state index contributed by atoms with van der Waals surface area (Å²) in [6.45, 7) is 4.21. The Balaban J connectivity index is 1.25. The maximum atomic E-state index is 14.7. The zero-order valence-electron chi connectivity index (χ0n) is 19.9. The summed E-state index contributed by atoms with van der Waals surface area (Å²) in [6, 6.07) is 8.05. The first kappa shape index (κ1) is 22.7. The molecule has 2 saturated heterocycles. The Morgan fingerprint density at radius 2 is 2.14 bits per heavy atom. The average molecular weight is 492 g/mol. The van der Waals surface area contributed by atoms with Crippen LogP contribution in [0.5, 0.6) is 5.88 Å². The third kappa shape index (κ3) is 4.13. The van der Waals surface area contributed by atoms with Gasteiger partial charge in [0.15, 0.2) is 5.65 Å². The van der Waals surface area contributed by atoms with E-state index in [0.717, 1.165) is 12.8 Å². The highest BCUT2D eigenvalue weighted by atomic mass is 19.1. The van der Waals surface area contributed by atoms with E-state index in [9.17, 15) is 9.18 Å². The number of nitrogens with zero attached hydrogens (tertiary/aromatic N) is 5. The van der Waals surface area contributed by atoms with Crippen molar-refractivity contribution >= 4 is 17.1 Å². The molecule has 2 aliphatic heterocycles. The van der Waals surface area contributed by atoms with Gasteiger partial charge in [-0.15, -0.1) is 0 Å². The molecule has 0 N–H and O–H groups in total. The predicted octanol–water partition coefficient (Wildman–Crippen LogP) is 3.84. The fourth-order valence-corrected chi connectivity index (χ4v) is 5.12. The Labute approximate surface area is 207 Å². The molecule has 1 aliphatic carbocycles. The second-order valence-electron chi connectivity index (χ2n) is 10.0. The summed E-state index contributed by atoms with van der Waals surface area (Å²) in [7, 11) is 0. The summed E-state index contributed by atoms with van der Waals surface area (Å²) >= 11 is 0. The van der Waals surface area contributed by atoms with Crippen molar-refractivity contribution in [3.8, 4) is 17.6 Å². The molecule has 0 spiro atoms. The number of ether oxygens (including phenoxy) is 3.